The molecule has 9 heteroatoms. The molecule has 1 heterocycles. The van der Waals surface area contributed by atoms with E-state index < -0.39 is 16.0 Å². The van der Waals surface area contributed by atoms with Gasteiger partial charge in [0.05, 0.1) is 17.6 Å². The molecule has 0 unspecified atom stereocenters. The van der Waals surface area contributed by atoms with Crippen LogP contribution < -0.4 is 5.32 Å². The van der Waals surface area contributed by atoms with Crippen LogP contribution in [0.5, 0.6) is 0 Å². The van der Waals surface area contributed by atoms with Gasteiger partial charge in [0.2, 0.25) is 10.0 Å². The lowest BCUT2D eigenvalue weighted by molar-refractivity contribution is 0.0600. The number of sulfonamides is 1. The van der Waals surface area contributed by atoms with E-state index in [-0.39, 0.29) is 29.6 Å². The van der Waals surface area contributed by atoms with Crippen LogP contribution in [-0.2, 0) is 14.8 Å². The highest BCUT2D eigenvalue weighted by Crippen LogP contribution is 2.18. The summed E-state index contributed by atoms with van der Waals surface area (Å²) in [6, 6.07) is 5.43. The second-order valence-corrected chi connectivity index (χ2v) is 7.18. The van der Waals surface area contributed by atoms with Crippen LogP contribution in [0.25, 0.3) is 0 Å². The monoisotopic (exact) mass is 355 g/mol. The Morgan fingerprint density at radius 2 is 1.71 bits per heavy atom. The number of hydrogen-bond acceptors (Lipinski definition) is 5. The molecule has 0 spiro atoms. The number of hydrogen-bond donors (Lipinski definition) is 1. The normalized spacial score (nSPS) is 15.8. The van der Waals surface area contributed by atoms with Gasteiger partial charge < -0.3 is 15.0 Å². The maximum absolute atomic E-state index is 12.6. The van der Waals surface area contributed by atoms with Crippen molar-refractivity contribution in [2.45, 2.75) is 11.8 Å². The number of nitrogens with zero attached hydrogens (tertiary/aromatic N) is 2. The fourth-order valence-electron chi connectivity index (χ4n) is 2.42. The minimum atomic E-state index is -3.65. The van der Waals surface area contributed by atoms with Crippen molar-refractivity contribution in [3.05, 3.63) is 29.8 Å². The molecule has 0 radical (unpaired) electrons. The lowest BCUT2D eigenvalue weighted by Gasteiger charge is -2.33. The van der Waals surface area contributed by atoms with Gasteiger partial charge in [0.25, 0.3) is 0 Å². The number of esters is 1. The molecule has 2 rings (SSSR count). The van der Waals surface area contributed by atoms with Crippen molar-refractivity contribution in [2.24, 2.45) is 0 Å². The number of piperazine rings is 1. The van der Waals surface area contributed by atoms with Gasteiger partial charge in [0, 0.05) is 32.7 Å². The van der Waals surface area contributed by atoms with E-state index in [4.69, 9.17) is 0 Å². The van der Waals surface area contributed by atoms with E-state index in [1.807, 2.05) is 6.92 Å². The summed E-state index contributed by atoms with van der Waals surface area (Å²) >= 11 is 0. The lowest BCUT2D eigenvalue weighted by atomic mass is 10.2. The summed E-state index contributed by atoms with van der Waals surface area (Å²) in [6.45, 7) is 3.51. The van der Waals surface area contributed by atoms with Crippen molar-refractivity contribution in [3.63, 3.8) is 0 Å². The fraction of sp³-hybridized carbons (Fsp3) is 0.467. The Balaban J connectivity index is 2.06. The average molecular weight is 355 g/mol. The molecule has 0 atom stereocenters. The molecule has 8 nitrogen and oxygen atoms in total. The second-order valence-electron chi connectivity index (χ2n) is 5.24. The van der Waals surface area contributed by atoms with Crippen LogP contribution in [0.3, 0.4) is 0 Å². The molecule has 0 bridgehead atoms. The molecule has 24 heavy (non-hydrogen) atoms. The van der Waals surface area contributed by atoms with Crippen molar-refractivity contribution in [1.29, 1.82) is 0 Å². The topological polar surface area (TPSA) is 96.0 Å². The highest BCUT2D eigenvalue weighted by atomic mass is 32.2. The Kier molecular flexibility index (Phi) is 5.79. The van der Waals surface area contributed by atoms with E-state index in [2.05, 4.69) is 10.1 Å². The molecule has 132 valence electrons. The number of urea groups is 1. The Labute approximate surface area is 141 Å². The van der Waals surface area contributed by atoms with E-state index >= 15 is 0 Å². The molecular weight excluding hydrogens is 334 g/mol. The van der Waals surface area contributed by atoms with Gasteiger partial charge in [-0.15, -0.1) is 0 Å². The van der Waals surface area contributed by atoms with Crippen LogP contribution in [0.1, 0.15) is 17.3 Å². The molecule has 1 aliphatic rings. The number of carbonyl (C=O) groups is 2. The predicted molar refractivity (Wildman–Crippen MR) is 87.2 cm³/mol. The first-order valence-corrected chi connectivity index (χ1v) is 9.05. The van der Waals surface area contributed by atoms with Crippen molar-refractivity contribution < 1.29 is 22.7 Å². The number of rotatable bonds is 4. The number of methoxy groups -OCH3 is 1. The molecule has 1 aromatic rings. The van der Waals surface area contributed by atoms with Crippen LogP contribution in [0, 0.1) is 0 Å². The summed E-state index contributed by atoms with van der Waals surface area (Å²) in [5, 5.41) is 2.70. The summed E-state index contributed by atoms with van der Waals surface area (Å²) in [4.78, 5) is 24.9. The van der Waals surface area contributed by atoms with E-state index in [1.165, 1.54) is 35.7 Å². The Hall–Kier alpha value is -2.13. The molecule has 0 saturated carbocycles. The molecule has 2 amide bonds. The van der Waals surface area contributed by atoms with E-state index in [1.54, 1.807) is 4.90 Å². The van der Waals surface area contributed by atoms with Gasteiger partial charge in [-0.25, -0.2) is 18.0 Å². The molecule has 1 fully saturated rings. The third-order valence-electron chi connectivity index (χ3n) is 3.77. The largest absolute Gasteiger partial charge is 0.465 e. The Morgan fingerprint density at radius 1 is 1.12 bits per heavy atom. The SMILES string of the molecule is CCNC(=O)N1CCN(S(=O)(=O)c2ccc(C(=O)OC)cc2)CC1. The van der Waals surface area contributed by atoms with Gasteiger partial charge in [-0.3, -0.25) is 0 Å². The van der Waals surface area contributed by atoms with Crippen molar-refractivity contribution in [1.82, 2.24) is 14.5 Å². The number of benzene rings is 1. The van der Waals surface area contributed by atoms with Gasteiger partial charge in [-0.2, -0.15) is 4.31 Å². The van der Waals surface area contributed by atoms with Gasteiger partial charge in [-0.1, -0.05) is 0 Å². The summed E-state index contributed by atoms with van der Waals surface area (Å²) in [5.74, 6) is -0.519. The molecule has 1 aliphatic heterocycles. The third kappa shape index (κ3) is 3.85. The van der Waals surface area contributed by atoms with E-state index in [0.717, 1.165) is 0 Å². The molecule has 0 aromatic heterocycles. The van der Waals surface area contributed by atoms with Crippen molar-refractivity contribution in [3.8, 4) is 0 Å². The fourth-order valence-corrected chi connectivity index (χ4v) is 3.85. The van der Waals surface area contributed by atoms with E-state index in [0.29, 0.717) is 19.6 Å². The zero-order valence-corrected chi connectivity index (χ0v) is 14.5. The van der Waals surface area contributed by atoms with Crippen LogP contribution >= 0.6 is 0 Å². The smallest absolute Gasteiger partial charge is 0.337 e. The number of carbonyl (C=O) groups excluding carboxylic acids is 2. The maximum Gasteiger partial charge on any atom is 0.337 e. The van der Waals surface area contributed by atoms with Gasteiger partial charge in [-0.05, 0) is 31.2 Å². The summed E-state index contributed by atoms with van der Waals surface area (Å²) in [6.07, 6.45) is 0. The zero-order chi connectivity index (χ0) is 17.7. The van der Waals surface area contributed by atoms with E-state index in [9.17, 15) is 18.0 Å². The van der Waals surface area contributed by atoms with Crippen LogP contribution in [0.15, 0.2) is 29.2 Å². The summed E-state index contributed by atoms with van der Waals surface area (Å²) < 4.78 is 31.2. The van der Waals surface area contributed by atoms with Gasteiger partial charge in [0.15, 0.2) is 0 Å². The number of ether oxygens (including phenoxy) is 1. The van der Waals surface area contributed by atoms with Crippen LogP contribution in [0.2, 0.25) is 0 Å². The standard InChI is InChI=1S/C15H21N3O5S/c1-3-16-15(20)17-8-10-18(11-9-17)24(21,22)13-6-4-12(5-7-13)14(19)23-2/h4-7H,3,8-11H2,1-2H3,(H,16,20). The molecule has 1 N–H and O–H groups in total. The molecule has 1 aromatic carbocycles. The molecule has 1 saturated heterocycles. The molecule has 0 aliphatic carbocycles. The highest BCUT2D eigenvalue weighted by Gasteiger charge is 2.30. The minimum Gasteiger partial charge on any atom is -0.465 e. The number of amides is 2. The lowest BCUT2D eigenvalue weighted by Crippen LogP contribution is -2.53. The van der Waals surface area contributed by atoms with Crippen LogP contribution in [0.4, 0.5) is 4.79 Å². The highest BCUT2D eigenvalue weighted by molar-refractivity contribution is 7.89. The first-order chi connectivity index (χ1) is 11.4. The second kappa shape index (κ2) is 7.63. The van der Waals surface area contributed by atoms with Crippen LogP contribution in [-0.4, -0.2) is 69.5 Å². The maximum atomic E-state index is 12.6. The minimum absolute atomic E-state index is 0.113. The van der Waals surface area contributed by atoms with Crippen molar-refractivity contribution >= 4 is 22.0 Å². The Bertz CT molecular complexity index is 694. The summed E-state index contributed by atoms with van der Waals surface area (Å²) in [5.41, 5.74) is 0.289. The first kappa shape index (κ1) is 18.2. The van der Waals surface area contributed by atoms with Crippen molar-refractivity contribution in [2.75, 3.05) is 39.8 Å². The molecular formula is C15H21N3O5S. The zero-order valence-electron chi connectivity index (χ0n) is 13.7. The Morgan fingerprint density at radius 3 is 2.21 bits per heavy atom. The predicted octanol–water partition coefficient (Wildman–Crippen LogP) is 0.509. The van der Waals surface area contributed by atoms with Gasteiger partial charge in [0.1, 0.15) is 0 Å². The average Bonchev–Trinajstić information content (AvgIpc) is 2.61. The third-order valence-corrected chi connectivity index (χ3v) is 5.68. The van der Waals surface area contributed by atoms with Gasteiger partial charge >= 0.3 is 12.0 Å². The first-order valence-electron chi connectivity index (χ1n) is 7.61. The quantitative estimate of drug-likeness (QED) is 0.794. The summed E-state index contributed by atoms with van der Waals surface area (Å²) in [7, 11) is -2.38. The number of nitrogens with one attached hydrogen (secondary N) is 1.